The molecule has 94 valence electrons. The van der Waals surface area contributed by atoms with Crippen LogP contribution in [-0.4, -0.2) is 12.4 Å². The molecule has 0 aromatic heterocycles. The number of hydrogen-bond donors (Lipinski definition) is 0. The molecule has 17 heavy (non-hydrogen) atoms. The van der Waals surface area contributed by atoms with Gasteiger partial charge in [-0.25, -0.2) is 0 Å². The number of unbranched alkanes of at least 4 members (excludes halogenated alkanes) is 3. The number of carbonyl (C=O) groups excluding carboxylic acids is 1. The molecule has 0 bridgehead atoms. The number of rotatable bonds is 8. The predicted octanol–water partition coefficient (Wildman–Crippen LogP) is 4.24. The molecule has 2 nitrogen and oxygen atoms in total. The zero-order valence-electron chi connectivity index (χ0n) is 10.9. The van der Waals surface area contributed by atoms with Crippen molar-refractivity contribution in [1.82, 2.24) is 0 Å². The number of carbonyl (C=O) groups is 1. The summed E-state index contributed by atoms with van der Waals surface area (Å²) >= 11 is 0. The molecule has 0 atom stereocenters. The first-order valence-corrected chi connectivity index (χ1v) is 6.54. The Hall–Kier alpha value is -1.31. The van der Waals surface area contributed by atoms with Crippen molar-refractivity contribution < 1.29 is 9.53 Å². The third kappa shape index (κ3) is 5.03. The number of hydrogen-bond acceptors (Lipinski definition) is 2. The fraction of sp³-hybridized carbons (Fsp3) is 0.533. The van der Waals surface area contributed by atoms with Gasteiger partial charge in [0.1, 0.15) is 5.75 Å². The Morgan fingerprint density at radius 3 is 2.35 bits per heavy atom. The van der Waals surface area contributed by atoms with Crippen molar-refractivity contribution in [2.75, 3.05) is 6.61 Å². The van der Waals surface area contributed by atoms with E-state index in [-0.39, 0.29) is 5.78 Å². The minimum Gasteiger partial charge on any atom is -0.494 e. The van der Waals surface area contributed by atoms with Crippen LogP contribution in [0.4, 0.5) is 0 Å². The third-order valence-electron chi connectivity index (χ3n) is 2.74. The lowest BCUT2D eigenvalue weighted by molar-refractivity contribution is 0.0979. The highest BCUT2D eigenvalue weighted by molar-refractivity contribution is 5.96. The van der Waals surface area contributed by atoms with Gasteiger partial charge in [-0.1, -0.05) is 26.2 Å². The highest BCUT2D eigenvalue weighted by atomic mass is 16.5. The fourth-order valence-electron chi connectivity index (χ4n) is 1.76. The Morgan fingerprint density at radius 2 is 1.76 bits per heavy atom. The van der Waals surface area contributed by atoms with Gasteiger partial charge in [0, 0.05) is 12.0 Å². The van der Waals surface area contributed by atoms with Crippen molar-refractivity contribution in [2.24, 2.45) is 0 Å². The Labute approximate surface area is 104 Å². The Balaban J connectivity index is 2.40. The number of ketones is 1. The van der Waals surface area contributed by atoms with E-state index < -0.39 is 0 Å². The zero-order valence-corrected chi connectivity index (χ0v) is 10.9. The van der Waals surface area contributed by atoms with Crippen molar-refractivity contribution in [2.45, 2.75) is 46.0 Å². The maximum atomic E-state index is 11.8. The van der Waals surface area contributed by atoms with Gasteiger partial charge in [-0.05, 0) is 37.6 Å². The smallest absolute Gasteiger partial charge is 0.162 e. The molecule has 0 fully saturated rings. The molecule has 1 aromatic carbocycles. The lowest BCUT2D eigenvalue weighted by Gasteiger charge is -2.04. The van der Waals surface area contributed by atoms with Crippen LogP contribution in [0.3, 0.4) is 0 Å². The maximum Gasteiger partial charge on any atom is 0.162 e. The molecule has 1 aromatic rings. The molecular formula is C15H22O2. The standard InChI is InChI=1S/C15H22O2/c1-3-5-6-7-8-15(16)13-9-11-14(12-10-13)17-4-2/h9-12H,3-8H2,1-2H3. The minimum absolute atomic E-state index is 0.240. The zero-order chi connectivity index (χ0) is 12.5. The van der Waals surface area contributed by atoms with Crippen molar-refractivity contribution >= 4 is 5.78 Å². The highest BCUT2D eigenvalue weighted by Gasteiger charge is 2.05. The van der Waals surface area contributed by atoms with Crippen molar-refractivity contribution in [1.29, 1.82) is 0 Å². The van der Waals surface area contributed by atoms with Gasteiger partial charge in [-0.2, -0.15) is 0 Å². The van der Waals surface area contributed by atoms with Gasteiger partial charge >= 0.3 is 0 Å². The second kappa shape index (κ2) is 7.88. The lowest BCUT2D eigenvalue weighted by Crippen LogP contribution is -1.99. The van der Waals surface area contributed by atoms with E-state index in [2.05, 4.69) is 6.92 Å². The first kappa shape index (κ1) is 13.8. The summed E-state index contributed by atoms with van der Waals surface area (Å²) in [7, 11) is 0. The molecule has 0 aliphatic heterocycles. The van der Waals surface area contributed by atoms with Crippen LogP contribution in [-0.2, 0) is 0 Å². The summed E-state index contributed by atoms with van der Waals surface area (Å²) in [4.78, 5) is 11.8. The molecule has 0 N–H and O–H groups in total. The number of benzene rings is 1. The van der Waals surface area contributed by atoms with Gasteiger partial charge in [0.2, 0.25) is 0 Å². The van der Waals surface area contributed by atoms with Crippen LogP contribution in [0.25, 0.3) is 0 Å². The Kier molecular flexibility index (Phi) is 6.38. The Bertz CT molecular complexity index is 327. The van der Waals surface area contributed by atoms with Crippen LogP contribution in [0.15, 0.2) is 24.3 Å². The summed E-state index contributed by atoms with van der Waals surface area (Å²) in [5.41, 5.74) is 0.796. The third-order valence-corrected chi connectivity index (χ3v) is 2.74. The van der Waals surface area contributed by atoms with Crippen molar-refractivity contribution in [3.63, 3.8) is 0 Å². The molecule has 2 heteroatoms. The van der Waals surface area contributed by atoms with Gasteiger partial charge in [-0.15, -0.1) is 0 Å². The van der Waals surface area contributed by atoms with Crippen LogP contribution in [0.1, 0.15) is 56.3 Å². The van der Waals surface area contributed by atoms with Gasteiger partial charge in [0.05, 0.1) is 6.61 Å². The molecular weight excluding hydrogens is 212 g/mol. The van der Waals surface area contributed by atoms with E-state index in [1.807, 2.05) is 31.2 Å². The number of Topliss-reactive ketones (excluding diaryl/α,β-unsaturated/α-hetero) is 1. The minimum atomic E-state index is 0.240. The monoisotopic (exact) mass is 234 g/mol. The average molecular weight is 234 g/mol. The van der Waals surface area contributed by atoms with Crippen LogP contribution < -0.4 is 4.74 Å². The molecule has 1 rings (SSSR count). The average Bonchev–Trinajstić information content (AvgIpc) is 2.36. The molecule has 0 saturated carbocycles. The van der Waals surface area contributed by atoms with Crippen LogP contribution in [0.2, 0.25) is 0 Å². The number of ether oxygens (including phenoxy) is 1. The summed E-state index contributed by atoms with van der Waals surface area (Å²) in [5, 5.41) is 0. The van der Waals surface area contributed by atoms with E-state index in [0.717, 1.165) is 24.2 Å². The second-order valence-corrected chi connectivity index (χ2v) is 4.19. The summed E-state index contributed by atoms with van der Waals surface area (Å²) in [6.07, 6.45) is 5.24. The quantitative estimate of drug-likeness (QED) is 0.497. The molecule has 0 saturated heterocycles. The first-order chi connectivity index (χ1) is 8.27. The molecule has 0 aliphatic rings. The van der Waals surface area contributed by atoms with Gasteiger partial charge < -0.3 is 4.74 Å². The van der Waals surface area contributed by atoms with E-state index in [1.165, 1.54) is 12.8 Å². The molecule has 0 radical (unpaired) electrons. The van der Waals surface area contributed by atoms with E-state index in [0.29, 0.717) is 13.0 Å². The molecule has 0 unspecified atom stereocenters. The van der Waals surface area contributed by atoms with Crippen LogP contribution in [0, 0.1) is 0 Å². The topological polar surface area (TPSA) is 26.3 Å². The van der Waals surface area contributed by atoms with Crippen LogP contribution in [0.5, 0.6) is 5.75 Å². The van der Waals surface area contributed by atoms with Crippen molar-refractivity contribution in [3.05, 3.63) is 29.8 Å². The Morgan fingerprint density at radius 1 is 1.06 bits per heavy atom. The van der Waals surface area contributed by atoms with Gasteiger partial charge in [0.25, 0.3) is 0 Å². The second-order valence-electron chi connectivity index (χ2n) is 4.19. The highest BCUT2D eigenvalue weighted by Crippen LogP contribution is 2.14. The van der Waals surface area contributed by atoms with Crippen LogP contribution >= 0.6 is 0 Å². The summed E-state index contributed by atoms with van der Waals surface area (Å²) in [6, 6.07) is 7.44. The summed E-state index contributed by atoms with van der Waals surface area (Å²) in [5.74, 6) is 1.07. The van der Waals surface area contributed by atoms with E-state index in [9.17, 15) is 4.79 Å². The van der Waals surface area contributed by atoms with E-state index in [4.69, 9.17) is 4.74 Å². The van der Waals surface area contributed by atoms with Crippen molar-refractivity contribution in [3.8, 4) is 5.75 Å². The summed E-state index contributed by atoms with van der Waals surface area (Å²) < 4.78 is 5.34. The molecule has 0 spiro atoms. The van der Waals surface area contributed by atoms with Gasteiger partial charge in [-0.3, -0.25) is 4.79 Å². The molecule has 0 aliphatic carbocycles. The van der Waals surface area contributed by atoms with Gasteiger partial charge in [0.15, 0.2) is 5.78 Å². The molecule has 0 amide bonds. The van der Waals surface area contributed by atoms with E-state index in [1.54, 1.807) is 0 Å². The largest absolute Gasteiger partial charge is 0.494 e. The first-order valence-electron chi connectivity index (χ1n) is 6.54. The van der Waals surface area contributed by atoms with E-state index >= 15 is 0 Å². The SMILES string of the molecule is CCCCCCC(=O)c1ccc(OCC)cc1. The summed E-state index contributed by atoms with van der Waals surface area (Å²) in [6.45, 7) is 4.78. The molecule has 0 heterocycles. The fourth-order valence-corrected chi connectivity index (χ4v) is 1.76. The maximum absolute atomic E-state index is 11.8. The lowest BCUT2D eigenvalue weighted by atomic mass is 10.0. The normalized spacial score (nSPS) is 10.2. The predicted molar refractivity (Wildman–Crippen MR) is 70.7 cm³/mol.